The molecule has 0 aliphatic carbocycles. The fraction of sp³-hybridized carbons (Fsp3) is 0.571. The van der Waals surface area contributed by atoms with Gasteiger partial charge in [-0.1, -0.05) is 31.7 Å². The number of para-hydroxylation sites is 1. The molecular weight excluding hydrogens is 455 g/mol. The zero-order valence-electron chi connectivity index (χ0n) is 19.2. The Morgan fingerprint density at radius 2 is 2.00 bits per heavy atom. The SMILES string of the molecule is C=C([C@H](CC)[C@H](C)OC)N(CCP1(=O)N[C@H](C(=O)OCC)c2ccccc2O1)S(C)(=O)=O. The summed E-state index contributed by atoms with van der Waals surface area (Å²) in [5.74, 6) is -0.520. The Morgan fingerprint density at radius 3 is 2.56 bits per heavy atom. The molecule has 32 heavy (non-hydrogen) atoms. The van der Waals surface area contributed by atoms with Gasteiger partial charge in [0.1, 0.15) is 11.8 Å². The molecule has 0 bridgehead atoms. The summed E-state index contributed by atoms with van der Waals surface area (Å²) in [7, 11) is -5.79. The molecule has 0 spiro atoms. The van der Waals surface area contributed by atoms with Gasteiger partial charge < -0.3 is 14.0 Å². The number of sulfonamides is 1. The van der Waals surface area contributed by atoms with E-state index in [1.54, 1.807) is 38.3 Å². The van der Waals surface area contributed by atoms with Crippen LogP contribution in [0.5, 0.6) is 5.75 Å². The molecule has 1 heterocycles. The van der Waals surface area contributed by atoms with E-state index in [-0.39, 0.29) is 31.3 Å². The molecule has 0 amide bonds. The second kappa shape index (κ2) is 10.8. The molecule has 180 valence electrons. The fourth-order valence-corrected chi connectivity index (χ4v) is 6.68. The van der Waals surface area contributed by atoms with Crippen molar-refractivity contribution in [2.45, 2.75) is 39.3 Å². The van der Waals surface area contributed by atoms with Gasteiger partial charge in [0.05, 0.1) is 25.1 Å². The lowest BCUT2D eigenvalue weighted by molar-refractivity contribution is -0.145. The molecule has 1 aliphatic heterocycles. The van der Waals surface area contributed by atoms with Crippen molar-refractivity contribution in [1.29, 1.82) is 0 Å². The van der Waals surface area contributed by atoms with E-state index in [0.717, 1.165) is 10.6 Å². The van der Waals surface area contributed by atoms with Crippen LogP contribution < -0.4 is 9.61 Å². The molecule has 11 heteroatoms. The maximum Gasteiger partial charge on any atom is 0.328 e. The summed E-state index contributed by atoms with van der Waals surface area (Å²) < 4.78 is 56.0. The van der Waals surface area contributed by atoms with Gasteiger partial charge in [-0.15, -0.1) is 0 Å². The Bertz CT molecular complexity index is 982. The van der Waals surface area contributed by atoms with E-state index in [9.17, 15) is 17.8 Å². The normalized spacial score (nSPS) is 22.2. The van der Waals surface area contributed by atoms with Crippen molar-refractivity contribution in [3.63, 3.8) is 0 Å². The Morgan fingerprint density at radius 1 is 1.34 bits per heavy atom. The zero-order valence-corrected chi connectivity index (χ0v) is 20.9. The van der Waals surface area contributed by atoms with Crippen LogP contribution in [0.4, 0.5) is 0 Å². The third-order valence-corrected chi connectivity index (χ3v) is 8.60. The second-order valence-electron chi connectivity index (χ2n) is 7.62. The fourth-order valence-electron chi connectivity index (χ4n) is 3.70. The number of nitrogens with zero attached hydrogens (tertiary/aromatic N) is 1. The maximum absolute atomic E-state index is 13.6. The van der Waals surface area contributed by atoms with Gasteiger partial charge in [0.15, 0.2) is 0 Å². The molecule has 2 rings (SSSR count). The Kier molecular flexibility index (Phi) is 8.93. The van der Waals surface area contributed by atoms with Crippen molar-refractivity contribution in [3.8, 4) is 5.75 Å². The molecule has 0 saturated heterocycles. The van der Waals surface area contributed by atoms with E-state index < -0.39 is 29.6 Å². The topological polar surface area (TPSA) is 111 Å². The minimum atomic E-state index is -3.71. The van der Waals surface area contributed by atoms with Crippen LogP contribution in [0.25, 0.3) is 0 Å². The number of benzene rings is 1. The molecule has 0 aromatic heterocycles. The van der Waals surface area contributed by atoms with Crippen molar-refractivity contribution < 1.29 is 31.8 Å². The minimum absolute atomic E-state index is 0.132. The van der Waals surface area contributed by atoms with E-state index in [1.807, 2.05) is 13.8 Å². The number of carbonyl (C=O) groups excluding carboxylic acids is 1. The summed E-state index contributed by atoms with van der Waals surface area (Å²) in [6, 6.07) is 5.78. The van der Waals surface area contributed by atoms with Gasteiger partial charge in [-0.05, 0) is 26.3 Å². The molecule has 0 radical (unpaired) electrons. The molecule has 0 saturated carbocycles. The van der Waals surface area contributed by atoms with Crippen LogP contribution in [0.2, 0.25) is 0 Å². The number of esters is 1. The van der Waals surface area contributed by atoms with Gasteiger partial charge in [0.25, 0.3) is 0 Å². The minimum Gasteiger partial charge on any atom is -0.465 e. The number of methoxy groups -OCH3 is 1. The predicted molar refractivity (Wildman–Crippen MR) is 123 cm³/mol. The predicted octanol–water partition coefficient (Wildman–Crippen LogP) is 3.30. The molecule has 1 aliphatic rings. The van der Waals surface area contributed by atoms with E-state index >= 15 is 0 Å². The molecule has 4 atom stereocenters. The Labute approximate surface area is 190 Å². The lowest BCUT2D eigenvalue weighted by Crippen LogP contribution is -2.40. The molecule has 1 N–H and O–H groups in total. The lowest BCUT2D eigenvalue weighted by Gasteiger charge is -2.35. The number of hydrogen-bond acceptors (Lipinski definition) is 7. The first-order chi connectivity index (χ1) is 15.0. The van der Waals surface area contributed by atoms with Crippen LogP contribution in [-0.4, -0.2) is 57.5 Å². The van der Waals surface area contributed by atoms with Crippen molar-refractivity contribution in [1.82, 2.24) is 9.39 Å². The Balaban J connectivity index is 2.30. The number of nitrogens with one attached hydrogen (secondary N) is 1. The Hall–Kier alpha value is -1.87. The molecule has 0 fully saturated rings. The smallest absolute Gasteiger partial charge is 0.328 e. The third kappa shape index (κ3) is 6.13. The van der Waals surface area contributed by atoms with E-state index in [4.69, 9.17) is 14.0 Å². The summed E-state index contributed by atoms with van der Waals surface area (Å²) in [6.07, 6.45) is 1.27. The monoisotopic (exact) mass is 488 g/mol. The summed E-state index contributed by atoms with van der Waals surface area (Å²) in [6.45, 7) is 9.47. The average Bonchev–Trinajstić information content (AvgIpc) is 2.72. The van der Waals surface area contributed by atoms with Gasteiger partial charge >= 0.3 is 13.5 Å². The average molecular weight is 489 g/mol. The maximum atomic E-state index is 13.6. The zero-order chi connectivity index (χ0) is 24.1. The van der Waals surface area contributed by atoms with Crippen molar-refractivity contribution in [3.05, 3.63) is 42.1 Å². The molecule has 1 aromatic rings. The van der Waals surface area contributed by atoms with Crippen molar-refractivity contribution >= 4 is 23.5 Å². The van der Waals surface area contributed by atoms with Crippen LogP contribution in [0.1, 0.15) is 38.8 Å². The summed E-state index contributed by atoms with van der Waals surface area (Å²) in [5, 5.41) is 2.78. The number of rotatable bonds is 11. The van der Waals surface area contributed by atoms with E-state index in [2.05, 4.69) is 11.7 Å². The van der Waals surface area contributed by atoms with Crippen LogP contribution in [0, 0.1) is 5.92 Å². The van der Waals surface area contributed by atoms with Crippen LogP contribution >= 0.6 is 7.52 Å². The van der Waals surface area contributed by atoms with Gasteiger partial charge in [0.2, 0.25) is 10.0 Å². The first-order valence-corrected chi connectivity index (χ1v) is 14.1. The van der Waals surface area contributed by atoms with Gasteiger partial charge in [-0.3, -0.25) is 8.87 Å². The lowest BCUT2D eigenvalue weighted by atomic mass is 9.97. The quantitative estimate of drug-likeness (QED) is 0.373. The number of carbonyl (C=O) groups is 1. The number of ether oxygens (including phenoxy) is 2. The van der Waals surface area contributed by atoms with Crippen molar-refractivity contribution in [2.75, 3.05) is 32.7 Å². The molecule has 1 aromatic carbocycles. The van der Waals surface area contributed by atoms with E-state index in [0.29, 0.717) is 23.4 Å². The van der Waals surface area contributed by atoms with Gasteiger partial charge in [-0.2, -0.15) is 0 Å². The summed E-state index contributed by atoms with van der Waals surface area (Å²) in [4.78, 5) is 12.5. The first-order valence-electron chi connectivity index (χ1n) is 10.5. The highest BCUT2D eigenvalue weighted by atomic mass is 32.2. The largest absolute Gasteiger partial charge is 0.465 e. The van der Waals surface area contributed by atoms with Crippen LogP contribution in [0.15, 0.2) is 36.5 Å². The molecule has 9 nitrogen and oxygen atoms in total. The summed E-state index contributed by atoms with van der Waals surface area (Å²) in [5.41, 5.74) is 0.872. The van der Waals surface area contributed by atoms with Gasteiger partial charge in [0, 0.05) is 30.8 Å². The third-order valence-electron chi connectivity index (χ3n) is 5.45. The molecular formula is C21H33N2O7PS. The molecule has 1 unspecified atom stereocenters. The standard InChI is InChI=1S/C21H33N2O7PS/c1-7-17(16(4)28-5)15(3)23(32(6,26)27)13-14-31(25)22-20(21(24)29-8-2)18-11-9-10-12-19(18)30-31/h9-12,16-17,20H,3,7-8,13-14H2,1-2,4-6H3,(H,22,25)/t16-,17-,20-,31?/m0/s1. The number of hydrogen-bond donors (Lipinski definition) is 1. The summed E-state index contributed by atoms with van der Waals surface area (Å²) >= 11 is 0. The number of fused-ring (bicyclic) bond motifs is 1. The van der Waals surface area contributed by atoms with E-state index in [1.165, 1.54) is 0 Å². The highest BCUT2D eigenvalue weighted by Crippen LogP contribution is 2.51. The van der Waals surface area contributed by atoms with Crippen LogP contribution in [-0.2, 0) is 28.9 Å². The highest BCUT2D eigenvalue weighted by molar-refractivity contribution is 7.88. The van der Waals surface area contributed by atoms with Crippen molar-refractivity contribution in [2.24, 2.45) is 5.92 Å². The first kappa shape index (κ1) is 26.4. The van der Waals surface area contributed by atoms with Crippen LogP contribution in [0.3, 0.4) is 0 Å². The second-order valence-corrected chi connectivity index (χ2v) is 11.8. The van der Waals surface area contributed by atoms with Gasteiger partial charge in [-0.25, -0.2) is 18.3 Å². The highest BCUT2D eigenvalue weighted by Gasteiger charge is 2.41.